The van der Waals surface area contributed by atoms with Gasteiger partial charge in [0.2, 0.25) is 0 Å². The average Bonchev–Trinajstić information content (AvgIpc) is 2.53. The summed E-state index contributed by atoms with van der Waals surface area (Å²) in [6.45, 7) is 5.96. The van der Waals surface area contributed by atoms with Gasteiger partial charge in [-0.1, -0.05) is 6.08 Å². The minimum absolute atomic E-state index is 0.357. The van der Waals surface area contributed by atoms with Crippen LogP contribution in [-0.4, -0.2) is 42.4 Å². The van der Waals surface area contributed by atoms with E-state index in [0.29, 0.717) is 32.2 Å². The van der Waals surface area contributed by atoms with Crippen LogP contribution >= 0.6 is 0 Å². The average molecular weight is 185 g/mol. The Hall–Kier alpha value is -1.03. The maximum absolute atomic E-state index is 10.5. The SMILES string of the molecule is C=CCOCC1CCN(C(=O)O)C1. The maximum Gasteiger partial charge on any atom is 0.407 e. The summed E-state index contributed by atoms with van der Waals surface area (Å²) in [5.41, 5.74) is 0. The van der Waals surface area contributed by atoms with E-state index < -0.39 is 6.09 Å². The first kappa shape index (κ1) is 10.1. The summed E-state index contributed by atoms with van der Waals surface area (Å²) in [5, 5.41) is 8.67. The first-order chi connectivity index (χ1) is 6.24. The second kappa shape index (κ2) is 4.87. The Morgan fingerprint density at radius 1 is 1.77 bits per heavy atom. The summed E-state index contributed by atoms with van der Waals surface area (Å²) in [5.74, 6) is 0.357. The molecule has 1 fully saturated rings. The molecule has 1 amide bonds. The van der Waals surface area contributed by atoms with Crippen molar-refractivity contribution in [2.45, 2.75) is 6.42 Å². The van der Waals surface area contributed by atoms with Crippen molar-refractivity contribution >= 4 is 6.09 Å². The Morgan fingerprint density at radius 3 is 3.08 bits per heavy atom. The number of amides is 1. The molecule has 1 rings (SSSR count). The van der Waals surface area contributed by atoms with Crippen LogP contribution in [0.15, 0.2) is 12.7 Å². The number of carbonyl (C=O) groups is 1. The fourth-order valence-electron chi connectivity index (χ4n) is 1.46. The lowest BCUT2D eigenvalue weighted by Crippen LogP contribution is -2.27. The van der Waals surface area contributed by atoms with Crippen molar-refractivity contribution in [2.24, 2.45) is 5.92 Å². The Morgan fingerprint density at radius 2 is 2.54 bits per heavy atom. The van der Waals surface area contributed by atoms with Gasteiger partial charge in [0.25, 0.3) is 0 Å². The molecule has 4 heteroatoms. The third kappa shape index (κ3) is 3.06. The number of rotatable bonds is 4. The lowest BCUT2D eigenvalue weighted by atomic mass is 10.1. The number of hydrogen-bond acceptors (Lipinski definition) is 2. The van der Waals surface area contributed by atoms with Crippen molar-refractivity contribution < 1.29 is 14.6 Å². The Kier molecular flexibility index (Phi) is 3.76. The van der Waals surface area contributed by atoms with Gasteiger partial charge in [-0.25, -0.2) is 4.79 Å². The molecular formula is C9H15NO3. The minimum Gasteiger partial charge on any atom is -0.465 e. The van der Waals surface area contributed by atoms with E-state index in [2.05, 4.69) is 6.58 Å². The Balaban J connectivity index is 2.17. The summed E-state index contributed by atoms with van der Waals surface area (Å²) in [6.07, 6.45) is 1.78. The topological polar surface area (TPSA) is 49.8 Å². The van der Waals surface area contributed by atoms with Gasteiger partial charge in [-0.3, -0.25) is 0 Å². The van der Waals surface area contributed by atoms with Crippen LogP contribution in [0, 0.1) is 5.92 Å². The van der Waals surface area contributed by atoms with E-state index in [0.717, 1.165) is 6.42 Å². The zero-order valence-corrected chi connectivity index (χ0v) is 7.61. The molecule has 0 radical (unpaired) electrons. The Bertz CT molecular complexity index is 193. The molecule has 1 heterocycles. The summed E-state index contributed by atoms with van der Waals surface area (Å²) in [7, 11) is 0. The second-order valence-electron chi connectivity index (χ2n) is 3.21. The highest BCUT2D eigenvalue weighted by Crippen LogP contribution is 2.16. The molecule has 0 bridgehead atoms. The predicted octanol–water partition coefficient (Wildman–Crippen LogP) is 1.19. The van der Waals surface area contributed by atoms with Gasteiger partial charge in [0.05, 0.1) is 13.2 Å². The molecule has 4 nitrogen and oxygen atoms in total. The van der Waals surface area contributed by atoms with E-state index in [1.165, 1.54) is 4.90 Å². The van der Waals surface area contributed by atoms with E-state index in [1.54, 1.807) is 6.08 Å². The van der Waals surface area contributed by atoms with Crippen molar-refractivity contribution in [3.8, 4) is 0 Å². The fourth-order valence-corrected chi connectivity index (χ4v) is 1.46. The Labute approximate surface area is 77.8 Å². The largest absolute Gasteiger partial charge is 0.465 e. The predicted molar refractivity (Wildman–Crippen MR) is 48.7 cm³/mol. The van der Waals surface area contributed by atoms with Crippen LogP contribution in [0.2, 0.25) is 0 Å². The quantitative estimate of drug-likeness (QED) is 0.528. The van der Waals surface area contributed by atoms with E-state index >= 15 is 0 Å². The molecule has 1 atom stereocenters. The van der Waals surface area contributed by atoms with Crippen LogP contribution < -0.4 is 0 Å². The van der Waals surface area contributed by atoms with Crippen molar-refractivity contribution in [1.29, 1.82) is 0 Å². The molecule has 0 aliphatic carbocycles. The van der Waals surface area contributed by atoms with E-state index in [4.69, 9.17) is 9.84 Å². The van der Waals surface area contributed by atoms with Crippen molar-refractivity contribution in [3.05, 3.63) is 12.7 Å². The molecule has 0 aromatic rings. The van der Waals surface area contributed by atoms with Gasteiger partial charge in [-0.05, 0) is 6.42 Å². The van der Waals surface area contributed by atoms with Gasteiger partial charge in [0.15, 0.2) is 0 Å². The van der Waals surface area contributed by atoms with Crippen molar-refractivity contribution in [1.82, 2.24) is 4.90 Å². The molecule has 1 saturated heterocycles. The lowest BCUT2D eigenvalue weighted by molar-refractivity contribution is 0.120. The highest BCUT2D eigenvalue weighted by Gasteiger charge is 2.25. The number of carboxylic acid groups (broad SMARTS) is 1. The monoisotopic (exact) mass is 185 g/mol. The molecule has 1 aliphatic rings. The van der Waals surface area contributed by atoms with E-state index in [9.17, 15) is 4.79 Å². The van der Waals surface area contributed by atoms with Gasteiger partial charge in [-0.2, -0.15) is 0 Å². The van der Waals surface area contributed by atoms with Crippen LogP contribution in [0.5, 0.6) is 0 Å². The second-order valence-corrected chi connectivity index (χ2v) is 3.21. The van der Waals surface area contributed by atoms with Gasteiger partial charge >= 0.3 is 6.09 Å². The van der Waals surface area contributed by atoms with Crippen LogP contribution in [0.3, 0.4) is 0 Å². The number of hydrogen-bond donors (Lipinski definition) is 1. The van der Waals surface area contributed by atoms with Crippen LogP contribution in [0.4, 0.5) is 4.79 Å². The molecule has 0 aromatic carbocycles. The first-order valence-corrected chi connectivity index (χ1v) is 4.40. The fraction of sp³-hybridized carbons (Fsp3) is 0.667. The van der Waals surface area contributed by atoms with Crippen LogP contribution in [-0.2, 0) is 4.74 Å². The maximum atomic E-state index is 10.5. The van der Waals surface area contributed by atoms with E-state index in [1.807, 2.05) is 0 Å². The summed E-state index contributed by atoms with van der Waals surface area (Å²) < 4.78 is 5.26. The van der Waals surface area contributed by atoms with Gasteiger partial charge in [-0.15, -0.1) is 6.58 Å². The highest BCUT2D eigenvalue weighted by molar-refractivity contribution is 5.65. The lowest BCUT2D eigenvalue weighted by Gasteiger charge is -2.11. The zero-order chi connectivity index (χ0) is 9.68. The first-order valence-electron chi connectivity index (χ1n) is 4.40. The van der Waals surface area contributed by atoms with Gasteiger partial charge in [0.1, 0.15) is 0 Å². The molecular weight excluding hydrogens is 170 g/mol. The van der Waals surface area contributed by atoms with Crippen molar-refractivity contribution in [2.75, 3.05) is 26.3 Å². The zero-order valence-electron chi connectivity index (χ0n) is 7.61. The van der Waals surface area contributed by atoms with Crippen LogP contribution in [0.25, 0.3) is 0 Å². The smallest absolute Gasteiger partial charge is 0.407 e. The number of likely N-dealkylation sites (tertiary alicyclic amines) is 1. The standard InChI is InChI=1S/C9H15NO3/c1-2-5-13-7-8-3-4-10(6-8)9(11)12/h2,8H,1,3-7H2,(H,11,12). The van der Waals surface area contributed by atoms with Crippen molar-refractivity contribution in [3.63, 3.8) is 0 Å². The highest BCUT2D eigenvalue weighted by atomic mass is 16.5. The number of ether oxygens (including phenoxy) is 1. The third-order valence-corrected chi connectivity index (χ3v) is 2.15. The molecule has 1 aliphatic heterocycles. The molecule has 1 unspecified atom stereocenters. The minimum atomic E-state index is -0.828. The van der Waals surface area contributed by atoms with E-state index in [-0.39, 0.29) is 0 Å². The van der Waals surface area contributed by atoms with Gasteiger partial charge < -0.3 is 14.7 Å². The summed E-state index contributed by atoms with van der Waals surface area (Å²) in [6, 6.07) is 0. The summed E-state index contributed by atoms with van der Waals surface area (Å²) in [4.78, 5) is 12.0. The van der Waals surface area contributed by atoms with Gasteiger partial charge in [0, 0.05) is 19.0 Å². The normalized spacial score (nSPS) is 21.8. The summed E-state index contributed by atoms with van der Waals surface area (Å²) >= 11 is 0. The molecule has 0 spiro atoms. The molecule has 1 N–H and O–H groups in total. The molecule has 0 saturated carbocycles. The molecule has 0 aromatic heterocycles. The number of nitrogens with zero attached hydrogens (tertiary/aromatic N) is 1. The van der Waals surface area contributed by atoms with Crippen LogP contribution in [0.1, 0.15) is 6.42 Å². The third-order valence-electron chi connectivity index (χ3n) is 2.15. The molecule has 74 valence electrons. The molecule has 13 heavy (non-hydrogen) atoms.